The molecule has 2 aromatic rings. The van der Waals surface area contributed by atoms with Crippen LogP contribution in [0.3, 0.4) is 0 Å². The van der Waals surface area contributed by atoms with Gasteiger partial charge in [-0.1, -0.05) is 23.5 Å². The van der Waals surface area contributed by atoms with Gasteiger partial charge in [-0.3, -0.25) is 15.0 Å². The van der Waals surface area contributed by atoms with Crippen LogP contribution in [0.4, 0.5) is 5.13 Å². The predicted molar refractivity (Wildman–Crippen MR) is 98.8 cm³/mol. The molecule has 2 N–H and O–H groups in total. The van der Waals surface area contributed by atoms with Crippen LogP contribution in [0.25, 0.3) is 0 Å². The molecule has 1 unspecified atom stereocenters. The molecule has 3 heterocycles. The van der Waals surface area contributed by atoms with E-state index in [1.807, 2.05) is 24.3 Å². The van der Waals surface area contributed by atoms with Gasteiger partial charge in [0.2, 0.25) is 0 Å². The van der Waals surface area contributed by atoms with Gasteiger partial charge in [-0.2, -0.15) is 5.26 Å². The highest BCUT2D eigenvalue weighted by Crippen LogP contribution is 2.36. The molecule has 4 rings (SSSR count). The molecule has 26 heavy (non-hydrogen) atoms. The lowest BCUT2D eigenvalue weighted by Crippen LogP contribution is -2.44. The van der Waals surface area contributed by atoms with Crippen LogP contribution in [0, 0.1) is 11.3 Å². The van der Waals surface area contributed by atoms with Gasteiger partial charge in [0.05, 0.1) is 12.3 Å². The van der Waals surface area contributed by atoms with E-state index in [9.17, 15) is 9.90 Å². The third-order valence-electron chi connectivity index (χ3n) is 5.25. The fraction of sp³-hybridized carbons (Fsp3) is 0.421. The summed E-state index contributed by atoms with van der Waals surface area (Å²) < 4.78 is 0. The summed E-state index contributed by atoms with van der Waals surface area (Å²) in [5.41, 5.74) is 1.68. The van der Waals surface area contributed by atoms with E-state index >= 15 is 0 Å². The van der Waals surface area contributed by atoms with Crippen LogP contribution < -0.4 is 5.32 Å². The number of amides is 1. The average molecular weight is 368 g/mol. The zero-order chi connectivity index (χ0) is 18.1. The summed E-state index contributed by atoms with van der Waals surface area (Å²) in [6.45, 7) is 0.805. The summed E-state index contributed by atoms with van der Waals surface area (Å²) in [5, 5.41) is 22.0. The number of nitrogens with zero attached hydrogens (tertiary/aromatic N) is 3. The highest BCUT2D eigenvalue weighted by atomic mass is 32.1. The standard InChI is InChI=1S/C19H20N4O2S/c20-9-17-10-21-19(26-17)22-18(25)13-3-1-2-12(6-13)11-23-14-4-5-15(23)8-16(24)7-14/h1-3,6,10,14-16,24H,4-5,7-8,11H2,(H,21,22,25)/t14-,15+,16?. The molecule has 2 saturated heterocycles. The number of nitrogens with one attached hydrogen (secondary N) is 1. The Kier molecular flexibility index (Phi) is 4.72. The van der Waals surface area contributed by atoms with E-state index in [1.54, 1.807) is 6.07 Å². The quantitative estimate of drug-likeness (QED) is 0.866. The summed E-state index contributed by atoms with van der Waals surface area (Å²) in [7, 11) is 0. The highest BCUT2D eigenvalue weighted by Gasteiger charge is 2.39. The fourth-order valence-electron chi connectivity index (χ4n) is 4.08. The monoisotopic (exact) mass is 368 g/mol. The number of nitriles is 1. The average Bonchev–Trinajstić information content (AvgIpc) is 3.17. The first-order valence-corrected chi connectivity index (χ1v) is 9.64. The molecule has 3 atom stereocenters. The van der Waals surface area contributed by atoms with E-state index in [1.165, 1.54) is 6.20 Å². The Bertz CT molecular complexity index is 845. The van der Waals surface area contributed by atoms with Gasteiger partial charge in [-0.05, 0) is 43.4 Å². The number of aromatic nitrogens is 1. The maximum atomic E-state index is 12.5. The number of aliphatic hydroxyl groups is 1. The van der Waals surface area contributed by atoms with Crippen molar-refractivity contribution in [3.05, 3.63) is 46.5 Å². The maximum absolute atomic E-state index is 12.5. The molecule has 2 fully saturated rings. The molecule has 1 amide bonds. The second-order valence-electron chi connectivity index (χ2n) is 6.98. The molecule has 0 saturated carbocycles. The molecule has 1 aromatic heterocycles. The van der Waals surface area contributed by atoms with E-state index in [2.05, 4.69) is 15.2 Å². The SMILES string of the molecule is N#Cc1cnc(NC(=O)c2cccc(CN3[C@@H]4CC[C@H]3CC(O)C4)c2)s1. The van der Waals surface area contributed by atoms with Gasteiger partial charge in [0.1, 0.15) is 10.9 Å². The van der Waals surface area contributed by atoms with Crippen LogP contribution in [-0.2, 0) is 6.54 Å². The minimum absolute atomic E-state index is 0.169. The third-order valence-corrected chi connectivity index (χ3v) is 6.07. The van der Waals surface area contributed by atoms with Gasteiger partial charge in [0.25, 0.3) is 5.91 Å². The van der Waals surface area contributed by atoms with Crippen molar-refractivity contribution < 1.29 is 9.90 Å². The normalized spacial score (nSPS) is 25.0. The Labute approximate surface area is 156 Å². The summed E-state index contributed by atoms with van der Waals surface area (Å²) in [5.74, 6) is -0.220. The summed E-state index contributed by atoms with van der Waals surface area (Å²) in [6.07, 6.45) is 5.28. The first kappa shape index (κ1) is 17.2. The second-order valence-corrected chi connectivity index (χ2v) is 8.01. The lowest BCUT2D eigenvalue weighted by Gasteiger charge is -2.37. The second kappa shape index (κ2) is 7.16. The van der Waals surface area contributed by atoms with E-state index in [0.717, 1.165) is 49.1 Å². The summed E-state index contributed by atoms with van der Waals surface area (Å²) in [6, 6.07) is 10.5. The van der Waals surface area contributed by atoms with Gasteiger partial charge in [0, 0.05) is 24.2 Å². The van der Waals surface area contributed by atoms with Gasteiger partial charge >= 0.3 is 0 Å². The molecule has 6 nitrogen and oxygen atoms in total. The molecule has 2 aliphatic rings. The molecular weight excluding hydrogens is 348 g/mol. The lowest BCUT2D eigenvalue weighted by molar-refractivity contribution is 0.0310. The summed E-state index contributed by atoms with van der Waals surface area (Å²) in [4.78, 5) is 19.4. The van der Waals surface area contributed by atoms with Crippen molar-refractivity contribution in [2.45, 2.75) is 50.4 Å². The Balaban J connectivity index is 1.45. The molecular formula is C19H20N4O2S. The van der Waals surface area contributed by atoms with Crippen LogP contribution in [0.1, 0.15) is 46.5 Å². The van der Waals surface area contributed by atoms with Gasteiger partial charge < -0.3 is 5.11 Å². The number of thiazole rings is 1. The van der Waals surface area contributed by atoms with Crippen molar-refractivity contribution in [2.75, 3.05) is 5.32 Å². The van der Waals surface area contributed by atoms with Crippen molar-refractivity contribution in [2.24, 2.45) is 0 Å². The first-order valence-electron chi connectivity index (χ1n) is 8.82. The van der Waals surface area contributed by atoms with E-state index in [0.29, 0.717) is 27.7 Å². The van der Waals surface area contributed by atoms with E-state index in [4.69, 9.17) is 5.26 Å². The zero-order valence-corrected chi connectivity index (χ0v) is 15.1. The first-order chi connectivity index (χ1) is 12.6. The number of hydrogen-bond acceptors (Lipinski definition) is 6. The topological polar surface area (TPSA) is 89.2 Å². The van der Waals surface area contributed by atoms with E-state index < -0.39 is 0 Å². The molecule has 134 valence electrons. The van der Waals surface area contributed by atoms with Crippen molar-refractivity contribution in [1.29, 1.82) is 5.26 Å². The minimum atomic E-state index is -0.220. The molecule has 2 aliphatic heterocycles. The smallest absolute Gasteiger partial charge is 0.257 e. The molecule has 2 bridgehead atoms. The number of benzene rings is 1. The zero-order valence-electron chi connectivity index (χ0n) is 14.3. The Morgan fingerprint density at radius 2 is 2.15 bits per heavy atom. The maximum Gasteiger partial charge on any atom is 0.257 e. The Morgan fingerprint density at radius 3 is 2.85 bits per heavy atom. The highest BCUT2D eigenvalue weighted by molar-refractivity contribution is 7.16. The Morgan fingerprint density at radius 1 is 1.38 bits per heavy atom. The van der Waals surface area contributed by atoms with Crippen LogP contribution >= 0.6 is 11.3 Å². The molecule has 1 aromatic carbocycles. The number of aliphatic hydroxyl groups excluding tert-OH is 1. The van der Waals surface area contributed by atoms with Crippen LogP contribution in [0.5, 0.6) is 0 Å². The number of fused-ring (bicyclic) bond motifs is 2. The van der Waals surface area contributed by atoms with Crippen LogP contribution in [-0.4, -0.2) is 39.1 Å². The van der Waals surface area contributed by atoms with Gasteiger partial charge in [0.15, 0.2) is 5.13 Å². The molecule has 7 heteroatoms. The van der Waals surface area contributed by atoms with Crippen molar-refractivity contribution >= 4 is 22.4 Å². The van der Waals surface area contributed by atoms with Crippen molar-refractivity contribution in [3.63, 3.8) is 0 Å². The van der Waals surface area contributed by atoms with Crippen molar-refractivity contribution in [3.8, 4) is 6.07 Å². The number of rotatable bonds is 4. The Hall–Kier alpha value is -2.27. The third kappa shape index (κ3) is 3.49. The van der Waals surface area contributed by atoms with Crippen LogP contribution in [0.15, 0.2) is 30.5 Å². The summed E-state index contributed by atoms with van der Waals surface area (Å²) >= 11 is 1.16. The molecule has 0 radical (unpaired) electrons. The lowest BCUT2D eigenvalue weighted by atomic mass is 9.99. The van der Waals surface area contributed by atoms with Gasteiger partial charge in [-0.15, -0.1) is 0 Å². The van der Waals surface area contributed by atoms with Gasteiger partial charge in [-0.25, -0.2) is 4.98 Å². The minimum Gasteiger partial charge on any atom is -0.393 e. The number of anilines is 1. The number of hydrogen-bond donors (Lipinski definition) is 2. The van der Waals surface area contributed by atoms with E-state index in [-0.39, 0.29) is 12.0 Å². The fourth-order valence-corrected chi connectivity index (χ4v) is 4.69. The molecule has 0 spiro atoms. The number of carbonyl (C=O) groups excluding carboxylic acids is 1. The largest absolute Gasteiger partial charge is 0.393 e. The van der Waals surface area contributed by atoms with Crippen LogP contribution in [0.2, 0.25) is 0 Å². The molecule has 0 aliphatic carbocycles. The van der Waals surface area contributed by atoms with Crippen molar-refractivity contribution in [1.82, 2.24) is 9.88 Å². The number of piperidine rings is 1. The number of carbonyl (C=O) groups is 1. The predicted octanol–water partition coefficient (Wildman–Crippen LogP) is 2.75.